The van der Waals surface area contributed by atoms with Crippen LogP contribution in [0.25, 0.3) is 16.7 Å². The van der Waals surface area contributed by atoms with Crippen LogP contribution in [0.4, 0.5) is 8.78 Å². The minimum atomic E-state index is -0.553. The van der Waals surface area contributed by atoms with Crippen LogP contribution in [-0.4, -0.2) is 9.55 Å². The van der Waals surface area contributed by atoms with Crippen molar-refractivity contribution in [3.8, 4) is 5.69 Å². The van der Waals surface area contributed by atoms with Gasteiger partial charge in [-0.15, -0.1) is 11.6 Å². The first-order valence-electron chi connectivity index (χ1n) is 5.79. The van der Waals surface area contributed by atoms with E-state index >= 15 is 0 Å². The van der Waals surface area contributed by atoms with Gasteiger partial charge in [-0.05, 0) is 30.3 Å². The molecule has 0 aliphatic heterocycles. The fourth-order valence-electron chi connectivity index (χ4n) is 2.12. The molecule has 6 heteroatoms. The van der Waals surface area contributed by atoms with Crippen molar-refractivity contribution in [1.29, 1.82) is 0 Å². The number of halogens is 4. The van der Waals surface area contributed by atoms with Crippen molar-refractivity contribution in [3.05, 3.63) is 58.9 Å². The maximum absolute atomic E-state index is 13.8. The van der Waals surface area contributed by atoms with Crippen LogP contribution in [0.5, 0.6) is 0 Å². The Hall–Kier alpha value is -1.65. The lowest BCUT2D eigenvalue weighted by Gasteiger charge is -2.08. The first-order chi connectivity index (χ1) is 9.61. The van der Waals surface area contributed by atoms with E-state index in [2.05, 4.69) is 4.98 Å². The van der Waals surface area contributed by atoms with E-state index in [0.717, 1.165) is 0 Å². The summed E-state index contributed by atoms with van der Waals surface area (Å²) in [4.78, 5) is 4.16. The van der Waals surface area contributed by atoms with Crippen molar-refractivity contribution in [2.45, 2.75) is 5.88 Å². The summed E-state index contributed by atoms with van der Waals surface area (Å²) >= 11 is 11.5. The quantitative estimate of drug-likeness (QED) is 0.627. The predicted octanol–water partition coefficient (Wildman–Crippen LogP) is 4.70. The molecule has 0 fully saturated rings. The summed E-state index contributed by atoms with van der Waals surface area (Å²) < 4.78 is 29.0. The molecule has 0 N–H and O–H groups in total. The van der Waals surface area contributed by atoms with Gasteiger partial charge in [0.15, 0.2) is 5.82 Å². The zero-order valence-corrected chi connectivity index (χ0v) is 11.6. The predicted molar refractivity (Wildman–Crippen MR) is 75.6 cm³/mol. The topological polar surface area (TPSA) is 17.8 Å². The Kier molecular flexibility index (Phi) is 3.36. The molecule has 20 heavy (non-hydrogen) atoms. The van der Waals surface area contributed by atoms with Gasteiger partial charge in [-0.25, -0.2) is 13.8 Å². The van der Waals surface area contributed by atoms with Gasteiger partial charge < -0.3 is 0 Å². The summed E-state index contributed by atoms with van der Waals surface area (Å²) in [5.41, 5.74) is 1.23. The maximum Gasteiger partial charge on any atom is 0.151 e. The molecule has 0 amide bonds. The Balaban J connectivity index is 2.34. The van der Waals surface area contributed by atoms with Crippen LogP contribution in [0.2, 0.25) is 5.02 Å². The number of benzene rings is 2. The molecule has 3 aromatic rings. The summed E-state index contributed by atoms with van der Waals surface area (Å²) in [7, 11) is 0. The zero-order valence-electron chi connectivity index (χ0n) is 10.1. The van der Waals surface area contributed by atoms with E-state index in [1.807, 2.05) is 0 Å². The van der Waals surface area contributed by atoms with Gasteiger partial charge in [0.1, 0.15) is 17.2 Å². The van der Waals surface area contributed by atoms with Crippen LogP contribution in [0.1, 0.15) is 5.82 Å². The normalized spacial score (nSPS) is 11.2. The van der Waals surface area contributed by atoms with Crippen LogP contribution >= 0.6 is 23.2 Å². The SMILES string of the molecule is Fc1cc(-n2c(CCl)nc3c(F)cccc32)ccc1Cl. The summed E-state index contributed by atoms with van der Waals surface area (Å²) in [6, 6.07) is 8.93. The van der Waals surface area contributed by atoms with Crippen molar-refractivity contribution in [3.63, 3.8) is 0 Å². The highest BCUT2D eigenvalue weighted by molar-refractivity contribution is 6.30. The number of fused-ring (bicyclic) bond motifs is 1. The third-order valence-corrected chi connectivity index (χ3v) is 3.53. The first kappa shape index (κ1) is 13.3. The molecule has 0 radical (unpaired) electrons. The molecular formula is C14H8Cl2F2N2. The molecule has 0 saturated heterocycles. The lowest BCUT2D eigenvalue weighted by molar-refractivity contribution is 0.627. The fourth-order valence-corrected chi connectivity index (χ4v) is 2.41. The van der Waals surface area contributed by atoms with Crippen LogP contribution in [-0.2, 0) is 5.88 Å². The highest BCUT2D eigenvalue weighted by Crippen LogP contribution is 2.26. The second-order valence-electron chi connectivity index (χ2n) is 4.20. The summed E-state index contributed by atoms with van der Waals surface area (Å²) in [5, 5.41) is 0.0248. The van der Waals surface area contributed by atoms with E-state index < -0.39 is 11.6 Å². The van der Waals surface area contributed by atoms with Gasteiger partial charge in [-0.2, -0.15) is 0 Å². The molecule has 2 nitrogen and oxygen atoms in total. The molecule has 0 unspecified atom stereocenters. The fraction of sp³-hybridized carbons (Fsp3) is 0.0714. The van der Waals surface area contributed by atoms with E-state index in [-0.39, 0.29) is 16.4 Å². The molecule has 1 heterocycles. The molecule has 1 aromatic heterocycles. The second-order valence-corrected chi connectivity index (χ2v) is 4.88. The van der Waals surface area contributed by atoms with Crippen molar-refractivity contribution in [2.75, 3.05) is 0 Å². The van der Waals surface area contributed by atoms with Crippen molar-refractivity contribution in [2.24, 2.45) is 0 Å². The molecule has 0 atom stereocenters. The summed E-state index contributed by atoms with van der Waals surface area (Å²) in [5.74, 6) is -0.475. The summed E-state index contributed by atoms with van der Waals surface area (Å²) in [6.45, 7) is 0. The van der Waals surface area contributed by atoms with Crippen LogP contribution in [0.15, 0.2) is 36.4 Å². The first-order valence-corrected chi connectivity index (χ1v) is 6.70. The Morgan fingerprint density at radius 3 is 2.60 bits per heavy atom. The van der Waals surface area contributed by atoms with Gasteiger partial charge >= 0.3 is 0 Å². The lowest BCUT2D eigenvalue weighted by Crippen LogP contribution is -1.99. The minimum Gasteiger partial charge on any atom is -0.295 e. The highest BCUT2D eigenvalue weighted by Gasteiger charge is 2.15. The average molecular weight is 313 g/mol. The van der Waals surface area contributed by atoms with E-state index in [4.69, 9.17) is 23.2 Å². The number of nitrogens with zero attached hydrogens (tertiary/aromatic N) is 2. The van der Waals surface area contributed by atoms with E-state index in [9.17, 15) is 8.78 Å². The van der Waals surface area contributed by atoms with Gasteiger partial charge in [0.05, 0.1) is 22.1 Å². The monoisotopic (exact) mass is 312 g/mol. The molecule has 2 aromatic carbocycles. The molecule has 3 rings (SSSR count). The van der Waals surface area contributed by atoms with Gasteiger partial charge in [0, 0.05) is 0 Å². The standard InChI is InChI=1S/C14H8Cl2F2N2/c15-7-13-19-14-10(17)2-1-3-12(14)20(13)8-4-5-9(16)11(18)6-8/h1-6H,7H2. The number of hydrogen-bond donors (Lipinski definition) is 0. The largest absolute Gasteiger partial charge is 0.295 e. The molecule has 0 saturated carbocycles. The van der Waals surface area contributed by atoms with Gasteiger partial charge in [0.25, 0.3) is 0 Å². The van der Waals surface area contributed by atoms with E-state index in [0.29, 0.717) is 17.0 Å². The molecule has 102 valence electrons. The lowest BCUT2D eigenvalue weighted by atomic mass is 10.2. The molecule has 0 aliphatic carbocycles. The van der Waals surface area contributed by atoms with Crippen molar-refractivity contribution < 1.29 is 8.78 Å². The van der Waals surface area contributed by atoms with Gasteiger partial charge in [-0.1, -0.05) is 17.7 Å². The van der Waals surface area contributed by atoms with Crippen LogP contribution in [0, 0.1) is 11.6 Å². The molecule has 0 bridgehead atoms. The van der Waals surface area contributed by atoms with E-state index in [1.165, 1.54) is 18.2 Å². The Bertz CT molecular complexity index is 799. The average Bonchev–Trinajstić information content (AvgIpc) is 2.82. The molecular weight excluding hydrogens is 305 g/mol. The van der Waals surface area contributed by atoms with Crippen LogP contribution < -0.4 is 0 Å². The Morgan fingerprint density at radius 1 is 1.10 bits per heavy atom. The third kappa shape index (κ3) is 2.05. The number of alkyl halides is 1. The number of rotatable bonds is 2. The second kappa shape index (κ2) is 5.04. The molecule has 0 aliphatic rings. The van der Waals surface area contributed by atoms with Gasteiger partial charge in [-0.3, -0.25) is 4.57 Å². The number of para-hydroxylation sites is 1. The third-order valence-electron chi connectivity index (χ3n) is 2.99. The summed E-state index contributed by atoms with van der Waals surface area (Å²) in [6.07, 6.45) is 0. The highest BCUT2D eigenvalue weighted by atomic mass is 35.5. The molecule has 0 spiro atoms. The van der Waals surface area contributed by atoms with Gasteiger partial charge in [0.2, 0.25) is 0 Å². The van der Waals surface area contributed by atoms with Crippen LogP contribution in [0.3, 0.4) is 0 Å². The van der Waals surface area contributed by atoms with Crippen molar-refractivity contribution in [1.82, 2.24) is 9.55 Å². The number of imidazole rings is 1. The zero-order chi connectivity index (χ0) is 14.3. The number of aromatic nitrogens is 2. The minimum absolute atomic E-state index is 0.0248. The number of hydrogen-bond acceptors (Lipinski definition) is 1. The maximum atomic E-state index is 13.8. The van der Waals surface area contributed by atoms with E-state index in [1.54, 1.807) is 22.8 Å². The smallest absolute Gasteiger partial charge is 0.151 e. The Morgan fingerprint density at radius 2 is 1.90 bits per heavy atom. The van der Waals surface area contributed by atoms with Crippen molar-refractivity contribution >= 4 is 34.2 Å². The Labute approximate surface area is 123 Å².